The summed E-state index contributed by atoms with van der Waals surface area (Å²) in [4.78, 5) is 31.9. The molecule has 3 aromatic rings. The number of piperazine rings is 1. The molecule has 12 heteroatoms. The van der Waals surface area contributed by atoms with Crippen LogP contribution in [0.3, 0.4) is 0 Å². The summed E-state index contributed by atoms with van der Waals surface area (Å²) in [7, 11) is 0. The number of β-amino-alcohol motifs (C(OH)–C–C–N with tert-alkyl or cyclic N) is 1. The zero-order valence-electron chi connectivity index (χ0n) is 22.1. The number of carbonyl (C=O) groups excluding carboxylic acids is 1. The Balaban J connectivity index is 1.27. The third-order valence-electron chi connectivity index (χ3n) is 6.88. The summed E-state index contributed by atoms with van der Waals surface area (Å²) in [5.74, 6) is -0.119. The van der Waals surface area contributed by atoms with Crippen molar-refractivity contribution in [3.8, 4) is 0 Å². The zero-order chi connectivity index (χ0) is 26.9. The first-order chi connectivity index (χ1) is 18.2. The van der Waals surface area contributed by atoms with E-state index < -0.39 is 5.60 Å². The second-order valence-electron chi connectivity index (χ2n) is 10.8. The van der Waals surface area contributed by atoms with Gasteiger partial charge in [-0.1, -0.05) is 0 Å². The van der Waals surface area contributed by atoms with Crippen LogP contribution >= 0.6 is 0 Å². The van der Waals surface area contributed by atoms with E-state index in [1.165, 1.54) is 6.07 Å². The van der Waals surface area contributed by atoms with Crippen molar-refractivity contribution in [2.75, 3.05) is 62.6 Å². The molecule has 2 aromatic heterocycles. The molecule has 0 radical (unpaired) electrons. The van der Waals surface area contributed by atoms with Crippen LogP contribution in [0.2, 0.25) is 0 Å². The predicted molar refractivity (Wildman–Crippen MR) is 142 cm³/mol. The van der Waals surface area contributed by atoms with E-state index in [0.29, 0.717) is 30.8 Å². The number of amides is 1. The number of hydrogen-bond acceptors (Lipinski definition) is 9. The van der Waals surface area contributed by atoms with Gasteiger partial charge in [-0.15, -0.1) is 0 Å². The molecule has 0 spiro atoms. The molecule has 2 saturated heterocycles. The molecule has 2 N–H and O–H groups in total. The average Bonchev–Trinajstić information content (AvgIpc) is 3.52. The van der Waals surface area contributed by atoms with E-state index in [0.717, 1.165) is 38.3 Å². The van der Waals surface area contributed by atoms with Gasteiger partial charge in [0.15, 0.2) is 5.65 Å². The fraction of sp³-hybridized carbons (Fsp3) is 0.538. The predicted octanol–water partition coefficient (Wildman–Crippen LogP) is 3.01. The molecule has 1 aromatic carbocycles. The fourth-order valence-electron chi connectivity index (χ4n) is 4.91. The highest BCUT2D eigenvalue weighted by Gasteiger charge is 2.31. The number of rotatable bonds is 6. The molecule has 2 aliphatic heterocycles. The van der Waals surface area contributed by atoms with E-state index >= 15 is 4.39 Å². The Labute approximate surface area is 221 Å². The van der Waals surface area contributed by atoms with Gasteiger partial charge in [0, 0.05) is 51.5 Å². The van der Waals surface area contributed by atoms with Crippen LogP contribution in [0.5, 0.6) is 0 Å². The van der Waals surface area contributed by atoms with Gasteiger partial charge in [-0.2, -0.15) is 4.98 Å². The number of halogens is 1. The first kappa shape index (κ1) is 26.1. The Morgan fingerprint density at radius 1 is 1.18 bits per heavy atom. The van der Waals surface area contributed by atoms with Crippen LogP contribution < -0.4 is 10.2 Å². The maximum atomic E-state index is 15.0. The van der Waals surface area contributed by atoms with Crippen molar-refractivity contribution in [3.63, 3.8) is 0 Å². The van der Waals surface area contributed by atoms with Crippen LogP contribution in [0.4, 0.5) is 26.5 Å². The molecule has 38 heavy (non-hydrogen) atoms. The maximum absolute atomic E-state index is 15.0. The molecule has 1 amide bonds. The lowest BCUT2D eigenvalue weighted by molar-refractivity contribution is 0.0289. The number of anilines is 3. The number of nitrogens with zero attached hydrogens (tertiary/aromatic N) is 7. The van der Waals surface area contributed by atoms with E-state index in [1.54, 1.807) is 23.5 Å². The Morgan fingerprint density at radius 3 is 2.68 bits per heavy atom. The minimum Gasteiger partial charge on any atom is -0.444 e. The summed E-state index contributed by atoms with van der Waals surface area (Å²) in [5, 5.41) is 12.1. The van der Waals surface area contributed by atoms with Crippen molar-refractivity contribution in [2.45, 2.75) is 38.8 Å². The monoisotopic (exact) mass is 526 g/mol. The van der Waals surface area contributed by atoms with Gasteiger partial charge in [0.05, 0.1) is 30.9 Å². The van der Waals surface area contributed by atoms with Gasteiger partial charge in [-0.25, -0.2) is 19.2 Å². The van der Waals surface area contributed by atoms with Crippen LogP contribution in [-0.2, 0) is 4.74 Å². The Morgan fingerprint density at radius 2 is 1.97 bits per heavy atom. The zero-order valence-corrected chi connectivity index (χ0v) is 22.1. The smallest absolute Gasteiger partial charge is 0.410 e. The highest BCUT2D eigenvalue weighted by molar-refractivity contribution is 5.73. The van der Waals surface area contributed by atoms with Gasteiger partial charge in [0.1, 0.15) is 16.9 Å². The number of imidazole rings is 1. The summed E-state index contributed by atoms with van der Waals surface area (Å²) < 4.78 is 22.5. The number of benzene rings is 1. The highest BCUT2D eigenvalue weighted by atomic mass is 19.1. The van der Waals surface area contributed by atoms with Crippen LogP contribution in [0.15, 0.2) is 30.7 Å². The first-order valence-corrected chi connectivity index (χ1v) is 13.0. The molecule has 0 aliphatic carbocycles. The molecule has 2 aliphatic rings. The van der Waals surface area contributed by atoms with E-state index in [1.807, 2.05) is 31.4 Å². The van der Waals surface area contributed by atoms with Crippen molar-refractivity contribution in [1.29, 1.82) is 0 Å². The SMILES string of the molecule is CC(C)(C)OC(=O)N1CCC(n2cnc3cnc(Nc4ccc(N5CCN(CCO)CC5)cc4F)nc32)C1. The number of fused-ring (bicyclic) bond motifs is 1. The molecule has 0 bridgehead atoms. The number of likely N-dealkylation sites (tertiary alicyclic amines) is 1. The summed E-state index contributed by atoms with van der Waals surface area (Å²) >= 11 is 0. The minimum atomic E-state index is -0.548. The van der Waals surface area contributed by atoms with Crippen molar-refractivity contribution in [3.05, 3.63) is 36.5 Å². The highest BCUT2D eigenvalue weighted by Crippen LogP contribution is 2.28. The average molecular weight is 527 g/mol. The van der Waals surface area contributed by atoms with Crippen LogP contribution in [0.1, 0.15) is 33.2 Å². The number of aliphatic hydroxyl groups excluding tert-OH is 1. The molecule has 2 fully saturated rings. The second-order valence-corrected chi connectivity index (χ2v) is 10.8. The Hall–Kier alpha value is -3.51. The molecule has 1 atom stereocenters. The maximum Gasteiger partial charge on any atom is 0.410 e. The van der Waals surface area contributed by atoms with Crippen molar-refractivity contribution >= 4 is 34.6 Å². The second kappa shape index (κ2) is 10.7. The number of aromatic nitrogens is 4. The van der Waals surface area contributed by atoms with Crippen molar-refractivity contribution in [2.24, 2.45) is 0 Å². The van der Waals surface area contributed by atoms with E-state index in [2.05, 4.69) is 30.1 Å². The molecule has 1 unspecified atom stereocenters. The Bertz CT molecular complexity index is 1290. The van der Waals surface area contributed by atoms with Crippen LogP contribution in [0.25, 0.3) is 11.2 Å². The largest absolute Gasteiger partial charge is 0.444 e. The van der Waals surface area contributed by atoms with Crippen molar-refractivity contribution in [1.82, 2.24) is 29.3 Å². The quantitative estimate of drug-likeness (QED) is 0.501. The lowest BCUT2D eigenvalue weighted by Gasteiger charge is -2.35. The van der Waals surface area contributed by atoms with Gasteiger partial charge >= 0.3 is 6.09 Å². The van der Waals surface area contributed by atoms with Gasteiger partial charge in [0.25, 0.3) is 0 Å². The third kappa shape index (κ3) is 5.81. The standard InChI is InChI=1S/C26H35FN8O3/c1-26(2,3)38-25(37)34-7-6-19(16-34)35-17-29-22-15-28-24(31-23(22)35)30-21-5-4-18(14-20(21)27)33-10-8-32(9-11-33)12-13-36/h4-5,14-15,17,19,36H,6-13,16H2,1-3H3,(H,28,30,31). The van der Waals surface area contributed by atoms with Crippen LogP contribution in [-0.4, -0.2) is 98.5 Å². The molecule has 204 valence electrons. The summed E-state index contributed by atoms with van der Waals surface area (Å²) in [5.41, 5.74) is 1.81. The number of hydrogen-bond donors (Lipinski definition) is 2. The van der Waals surface area contributed by atoms with E-state index in [9.17, 15) is 4.79 Å². The molecule has 5 rings (SSSR count). The molecular weight excluding hydrogens is 491 g/mol. The lowest BCUT2D eigenvalue weighted by Crippen LogP contribution is -2.47. The summed E-state index contributed by atoms with van der Waals surface area (Å²) in [6, 6.07) is 5.12. The number of aliphatic hydroxyl groups is 1. The van der Waals surface area contributed by atoms with E-state index in [-0.39, 0.29) is 36.2 Å². The molecule has 11 nitrogen and oxygen atoms in total. The number of nitrogens with one attached hydrogen (secondary N) is 1. The number of ether oxygens (including phenoxy) is 1. The third-order valence-corrected chi connectivity index (χ3v) is 6.88. The number of carbonyl (C=O) groups is 1. The minimum absolute atomic E-state index is 0.00383. The van der Waals surface area contributed by atoms with E-state index in [4.69, 9.17) is 9.84 Å². The van der Waals surface area contributed by atoms with Gasteiger partial charge in [-0.05, 0) is 45.4 Å². The van der Waals surface area contributed by atoms with Gasteiger partial charge in [-0.3, -0.25) is 4.90 Å². The Kier molecular flexibility index (Phi) is 7.35. The molecule has 0 saturated carbocycles. The van der Waals surface area contributed by atoms with Crippen molar-refractivity contribution < 1.29 is 19.0 Å². The molecule has 4 heterocycles. The fourth-order valence-corrected chi connectivity index (χ4v) is 4.91. The van der Waals surface area contributed by atoms with Gasteiger partial charge in [0.2, 0.25) is 5.95 Å². The summed E-state index contributed by atoms with van der Waals surface area (Å²) in [6.07, 6.45) is 3.75. The first-order valence-electron chi connectivity index (χ1n) is 13.0. The lowest BCUT2D eigenvalue weighted by atomic mass is 10.2. The summed E-state index contributed by atoms with van der Waals surface area (Å²) in [6.45, 7) is 10.7. The van der Waals surface area contributed by atoms with Crippen LogP contribution in [0, 0.1) is 5.82 Å². The topological polar surface area (TPSA) is 112 Å². The van der Waals surface area contributed by atoms with Gasteiger partial charge < -0.3 is 29.5 Å². The molecular formula is C26H35FN8O3. The normalized spacial score (nSPS) is 18.8.